The molecule has 0 aliphatic rings. The summed E-state index contributed by atoms with van der Waals surface area (Å²) in [7, 11) is 0. The maximum atomic E-state index is 5.20. The molecule has 1 rings (SSSR count). The van der Waals surface area contributed by atoms with Gasteiger partial charge in [-0.05, 0) is 49.8 Å². The van der Waals surface area contributed by atoms with Crippen LogP contribution in [0, 0.1) is 26.2 Å². The molecule has 0 heteroatoms. The van der Waals surface area contributed by atoms with E-state index >= 15 is 0 Å². The third-order valence-corrected chi connectivity index (χ3v) is 2.61. The fraction of sp³-hybridized carbons (Fsp3) is 0.429. The molecule has 0 N–H and O–H groups in total. The van der Waals surface area contributed by atoms with E-state index in [0.29, 0.717) is 0 Å². The Balaban J connectivity index is 2.44. The Morgan fingerprint density at radius 1 is 1.14 bits per heavy atom. The lowest BCUT2D eigenvalue weighted by atomic mass is 10.0. The first kappa shape index (κ1) is 10.9. The van der Waals surface area contributed by atoms with Crippen molar-refractivity contribution in [2.24, 2.45) is 0 Å². The van der Waals surface area contributed by atoms with Crippen LogP contribution in [0.3, 0.4) is 0 Å². The Kier molecular flexibility index (Phi) is 4.26. The zero-order valence-electron chi connectivity index (χ0n) is 9.14. The third-order valence-electron chi connectivity index (χ3n) is 2.61. The van der Waals surface area contributed by atoms with E-state index in [0.717, 1.165) is 19.3 Å². The van der Waals surface area contributed by atoms with Crippen LogP contribution in [-0.2, 0) is 6.42 Å². The van der Waals surface area contributed by atoms with Crippen LogP contribution in [0.1, 0.15) is 36.0 Å². The van der Waals surface area contributed by atoms with Gasteiger partial charge in [0.25, 0.3) is 0 Å². The molecule has 0 heterocycles. The Hall–Kier alpha value is -1.22. The molecule has 0 saturated carbocycles. The molecule has 0 aliphatic heterocycles. The standard InChI is InChI=1S/C14H18/c1-4-5-6-7-8-14-10-9-12(2)13(3)11-14/h1,9-11H,5-8H2,2-3H3. The quantitative estimate of drug-likeness (QED) is 0.497. The summed E-state index contributed by atoms with van der Waals surface area (Å²) in [5.41, 5.74) is 4.20. The molecule has 0 atom stereocenters. The number of hydrogen-bond acceptors (Lipinski definition) is 0. The first-order valence-corrected chi connectivity index (χ1v) is 5.23. The second kappa shape index (κ2) is 5.50. The van der Waals surface area contributed by atoms with E-state index in [2.05, 4.69) is 38.0 Å². The molecule has 0 radical (unpaired) electrons. The highest BCUT2D eigenvalue weighted by atomic mass is 14.0. The summed E-state index contributed by atoms with van der Waals surface area (Å²) in [5.74, 6) is 2.67. The van der Waals surface area contributed by atoms with Crippen LogP contribution in [0.4, 0.5) is 0 Å². The smallest absolute Gasteiger partial charge is 0.00861 e. The molecule has 0 aliphatic carbocycles. The number of benzene rings is 1. The van der Waals surface area contributed by atoms with Crippen molar-refractivity contribution < 1.29 is 0 Å². The van der Waals surface area contributed by atoms with Gasteiger partial charge < -0.3 is 0 Å². The van der Waals surface area contributed by atoms with Gasteiger partial charge in [-0.3, -0.25) is 0 Å². The van der Waals surface area contributed by atoms with Crippen molar-refractivity contribution in [3.05, 3.63) is 34.9 Å². The van der Waals surface area contributed by atoms with Gasteiger partial charge in [-0.15, -0.1) is 12.3 Å². The van der Waals surface area contributed by atoms with Crippen LogP contribution in [0.2, 0.25) is 0 Å². The predicted octanol–water partition coefficient (Wildman–Crippen LogP) is 3.65. The maximum Gasteiger partial charge on any atom is 0.00861 e. The van der Waals surface area contributed by atoms with E-state index in [1.54, 1.807) is 0 Å². The molecule has 0 fully saturated rings. The van der Waals surface area contributed by atoms with Gasteiger partial charge in [0.2, 0.25) is 0 Å². The van der Waals surface area contributed by atoms with Crippen molar-refractivity contribution in [1.29, 1.82) is 0 Å². The zero-order chi connectivity index (χ0) is 10.4. The molecule has 0 bridgehead atoms. The Labute approximate surface area is 87.4 Å². The molecular formula is C14H18. The van der Waals surface area contributed by atoms with Crippen LogP contribution in [0.15, 0.2) is 18.2 Å². The number of aryl methyl sites for hydroxylation is 3. The summed E-state index contributed by atoms with van der Waals surface area (Å²) in [5, 5.41) is 0. The van der Waals surface area contributed by atoms with Gasteiger partial charge in [0, 0.05) is 6.42 Å². The fourth-order valence-electron chi connectivity index (χ4n) is 1.52. The van der Waals surface area contributed by atoms with Crippen LogP contribution in [0.5, 0.6) is 0 Å². The van der Waals surface area contributed by atoms with Gasteiger partial charge in [-0.25, -0.2) is 0 Å². The van der Waals surface area contributed by atoms with Crippen molar-refractivity contribution in [1.82, 2.24) is 0 Å². The lowest BCUT2D eigenvalue weighted by molar-refractivity contribution is 0.756. The summed E-state index contributed by atoms with van der Waals surface area (Å²) in [6, 6.07) is 6.70. The number of rotatable bonds is 4. The Morgan fingerprint density at radius 2 is 1.93 bits per heavy atom. The number of terminal acetylenes is 1. The molecule has 0 nitrogen and oxygen atoms in total. The zero-order valence-corrected chi connectivity index (χ0v) is 9.14. The molecule has 74 valence electrons. The van der Waals surface area contributed by atoms with Crippen molar-refractivity contribution >= 4 is 0 Å². The summed E-state index contributed by atoms with van der Waals surface area (Å²) < 4.78 is 0. The Bertz CT molecular complexity index is 328. The minimum atomic E-state index is 0.908. The SMILES string of the molecule is C#CCCCCc1ccc(C)c(C)c1. The first-order chi connectivity index (χ1) is 6.74. The van der Waals surface area contributed by atoms with Gasteiger partial charge >= 0.3 is 0 Å². The van der Waals surface area contributed by atoms with E-state index in [9.17, 15) is 0 Å². The number of hydrogen-bond donors (Lipinski definition) is 0. The van der Waals surface area contributed by atoms with Crippen LogP contribution < -0.4 is 0 Å². The molecule has 0 saturated heterocycles. The summed E-state index contributed by atoms with van der Waals surface area (Å²) in [6.45, 7) is 4.32. The minimum absolute atomic E-state index is 0.908. The third kappa shape index (κ3) is 3.26. The van der Waals surface area contributed by atoms with Crippen molar-refractivity contribution in [3.8, 4) is 12.3 Å². The van der Waals surface area contributed by atoms with Crippen LogP contribution >= 0.6 is 0 Å². The van der Waals surface area contributed by atoms with Gasteiger partial charge in [0.1, 0.15) is 0 Å². The van der Waals surface area contributed by atoms with Crippen LogP contribution in [-0.4, -0.2) is 0 Å². The normalized spacial score (nSPS) is 9.79. The molecule has 0 amide bonds. The van der Waals surface area contributed by atoms with E-state index in [-0.39, 0.29) is 0 Å². The second-order valence-electron chi connectivity index (χ2n) is 3.83. The molecule has 1 aromatic carbocycles. The lowest BCUT2D eigenvalue weighted by Crippen LogP contribution is -1.88. The van der Waals surface area contributed by atoms with Crippen molar-refractivity contribution in [3.63, 3.8) is 0 Å². The van der Waals surface area contributed by atoms with Gasteiger partial charge in [0.15, 0.2) is 0 Å². The maximum absolute atomic E-state index is 5.20. The van der Waals surface area contributed by atoms with E-state index in [1.165, 1.54) is 23.1 Å². The average molecular weight is 186 g/mol. The van der Waals surface area contributed by atoms with Gasteiger partial charge in [-0.1, -0.05) is 18.2 Å². The summed E-state index contributed by atoms with van der Waals surface area (Å²) in [6.07, 6.45) is 9.61. The highest BCUT2D eigenvalue weighted by molar-refractivity contribution is 5.29. The molecule has 0 unspecified atom stereocenters. The number of unbranched alkanes of at least 4 members (excludes halogenated alkanes) is 2. The molecular weight excluding hydrogens is 168 g/mol. The largest absolute Gasteiger partial charge is 0.120 e. The second-order valence-corrected chi connectivity index (χ2v) is 3.83. The predicted molar refractivity (Wildman–Crippen MR) is 62.3 cm³/mol. The van der Waals surface area contributed by atoms with Gasteiger partial charge in [-0.2, -0.15) is 0 Å². The molecule has 0 spiro atoms. The van der Waals surface area contributed by atoms with Crippen molar-refractivity contribution in [2.75, 3.05) is 0 Å². The first-order valence-electron chi connectivity index (χ1n) is 5.23. The average Bonchev–Trinajstić information content (AvgIpc) is 2.18. The Morgan fingerprint density at radius 3 is 2.57 bits per heavy atom. The summed E-state index contributed by atoms with van der Waals surface area (Å²) in [4.78, 5) is 0. The minimum Gasteiger partial charge on any atom is -0.120 e. The van der Waals surface area contributed by atoms with Crippen molar-refractivity contribution in [2.45, 2.75) is 39.5 Å². The van der Waals surface area contributed by atoms with Gasteiger partial charge in [0.05, 0.1) is 0 Å². The molecule has 0 aromatic heterocycles. The van der Waals surface area contributed by atoms with E-state index < -0.39 is 0 Å². The summed E-state index contributed by atoms with van der Waals surface area (Å²) >= 11 is 0. The van der Waals surface area contributed by atoms with Crippen LogP contribution in [0.25, 0.3) is 0 Å². The highest BCUT2D eigenvalue weighted by Gasteiger charge is 1.96. The highest BCUT2D eigenvalue weighted by Crippen LogP contribution is 2.12. The fourth-order valence-corrected chi connectivity index (χ4v) is 1.52. The lowest BCUT2D eigenvalue weighted by Gasteiger charge is -2.04. The van der Waals surface area contributed by atoms with E-state index in [1.807, 2.05) is 0 Å². The molecule has 1 aromatic rings. The monoisotopic (exact) mass is 186 g/mol. The molecule has 14 heavy (non-hydrogen) atoms. The van der Waals surface area contributed by atoms with E-state index in [4.69, 9.17) is 6.42 Å². The topological polar surface area (TPSA) is 0 Å².